The number of pyridine rings is 1. The Morgan fingerprint density at radius 1 is 1.11 bits per heavy atom. The molecular formula is C13H8BrN3O2. The monoisotopic (exact) mass is 317 g/mol. The van der Waals surface area contributed by atoms with Crippen molar-refractivity contribution in [2.45, 2.75) is 0 Å². The van der Waals surface area contributed by atoms with Gasteiger partial charge in [-0.2, -0.15) is 4.98 Å². The van der Waals surface area contributed by atoms with Gasteiger partial charge in [-0.25, -0.2) is 0 Å². The fraction of sp³-hybridized carbons (Fsp3) is 0. The molecule has 0 saturated heterocycles. The van der Waals surface area contributed by atoms with Gasteiger partial charge in [-0.1, -0.05) is 17.3 Å². The van der Waals surface area contributed by atoms with Crippen molar-refractivity contribution < 1.29 is 9.63 Å². The van der Waals surface area contributed by atoms with Gasteiger partial charge in [0.1, 0.15) is 5.75 Å². The summed E-state index contributed by atoms with van der Waals surface area (Å²) in [6, 6.07) is 8.53. The van der Waals surface area contributed by atoms with Crippen molar-refractivity contribution in [1.82, 2.24) is 15.1 Å². The van der Waals surface area contributed by atoms with Crippen LogP contribution in [0.1, 0.15) is 0 Å². The minimum Gasteiger partial charge on any atom is -0.508 e. The molecule has 1 N–H and O–H groups in total. The quantitative estimate of drug-likeness (QED) is 0.785. The minimum absolute atomic E-state index is 0.160. The van der Waals surface area contributed by atoms with Gasteiger partial charge >= 0.3 is 0 Å². The highest BCUT2D eigenvalue weighted by molar-refractivity contribution is 9.10. The number of aromatic hydroxyl groups is 1. The normalized spacial score (nSPS) is 10.6. The second-order valence-corrected chi connectivity index (χ2v) is 4.78. The molecule has 0 saturated carbocycles. The second kappa shape index (κ2) is 4.81. The summed E-state index contributed by atoms with van der Waals surface area (Å²) in [5.41, 5.74) is 1.42. The summed E-state index contributed by atoms with van der Waals surface area (Å²) in [7, 11) is 0. The molecule has 1 aromatic carbocycles. The van der Waals surface area contributed by atoms with Gasteiger partial charge in [0.15, 0.2) is 0 Å². The fourth-order valence-electron chi connectivity index (χ4n) is 1.63. The Morgan fingerprint density at radius 3 is 2.79 bits per heavy atom. The zero-order chi connectivity index (χ0) is 13.2. The lowest BCUT2D eigenvalue weighted by Crippen LogP contribution is -1.82. The number of benzene rings is 1. The van der Waals surface area contributed by atoms with E-state index in [1.165, 1.54) is 0 Å². The number of nitrogens with zero attached hydrogens (tertiary/aromatic N) is 3. The Balaban J connectivity index is 2.00. The summed E-state index contributed by atoms with van der Waals surface area (Å²) < 4.78 is 6.03. The van der Waals surface area contributed by atoms with Crippen molar-refractivity contribution in [2.75, 3.05) is 0 Å². The number of hydrogen-bond acceptors (Lipinski definition) is 5. The van der Waals surface area contributed by atoms with Crippen molar-refractivity contribution in [2.24, 2.45) is 0 Å². The number of hydrogen-bond donors (Lipinski definition) is 1. The van der Waals surface area contributed by atoms with Crippen LogP contribution in [0.2, 0.25) is 0 Å². The summed E-state index contributed by atoms with van der Waals surface area (Å²) in [4.78, 5) is 8.33. The third-order valence-electron chi connectivity index (χ3n) is 2.48. The highest BCUT2D eigenvalue weighted by Gasteiger charge is 2.11. The van der Waals surface area contributed by atoms with Crippen LogP contribution in [0, 0.1) is 0 Å². The average Bonchev–Trinajstić information content (AvgIpc) is 2.88. The first-order chi connectivity index (χ1) is 9.22. The number of rotatable bonds is 2. The van der Waals surface area contributed by atoms with Crippen molar-refractivity contribution >= 4 is 15.9 Å². The third kappa shape index (κ3) is 2.48. The molecule has 0 unspecified atom stereocenters. The number of phenols is 1. The molecular weight excluding hydrogens is 310 g/mol. The molecule has 19 heavy (non-hydrogen) atoms. The van der Waals surface area contributed by atoms with Gasteiger partial charge in [-0.05, 0) is 34.1 Å². The topological polar surface area (TPSA) is 72.0 Å². The van der Waals surface area contributed by atoms with Gasteiger partial charge in [0, 0.05) is 22.4 Å². The van der Waals surface area contributed by atoms with E-state index in [1.807, 2.05) is 6.07 Å². The molecule has 0 fully saturated rings. The van der Waals surface area contributed by atoms with Gasteiger partial charge in [0.05, 0.1) is 5.56 Å². The van der Waals surface area contributed by atoms with Crippen LogP contribution in [0.15, 0.2) is 51.7 Å². The van der Waals surface area contributed by atoms with Gasteiger partial charge < -0.3 is 9.63 Å². The highest BCUT2D eigenvalue weighted by Crippen LogP contribution is 2.25. The van der Waals surface area contributed by atoms with Crippen LogP contribution in [0.25, 0.3) is 22.8 Å². The maximum absolute atomic E-state index is 9.43. The molecule has 0 aliphatic rings. The van der Waals surface area contributed by atoms with Gasteiger partial charge in [-0.15, -0.1) is 0 Å². The average molecular weight is 318 g/mol. The first-order valence-electron chi connectivity index (χ1n) is 5.46. The van der Waals surface area contributed by atoms with E-state index in [1.54, 1.807) is 36.7 Å². The lowest BCUT2D eigenvalue weighted by molar-refractivity contribution is 0.432. The first-order valence-corrected chi connectivity index (χ1v) is 6.26. The molecule has 0 aliphatic heterocycles. The molecule has 5 nitrogen and oxygen atoms in total. The molecule has 94 valence electrons. The molecule has 3 aromatic rings. The van der Waals surface area contributed by atoms with Crippen LogP contribution in [-0.4, -0.2) is 20.2 Å². The van der Waals surface area contributed by atoms with E-state index in [9.17, 15) is 5.11 Å². The maximum Gasteiger partial charge on any atom is 0.259 e. The molecule has 0 radical (unpaired) electrons. The van der Waals surface area contributed by atoms with Crippen molar-refractivity contribution in [3.05, 3.63) is 47.2 Å². The molecule has 0 amide bonds. The Kier molecular flexibility index (Phi) is 3.00. The maximum atomic E-state index is 9.43. The lowest BCUT2D eigenvalue weighted by atomic mass is 10.2. The largest absolute Gasteiger partial charge is 0.508 e. The third-order valence-corrected chi connectivity index (χ3v) is 2.92. The minimum atomic E-state index is 0.160. The zero-order valence-corrected chi connectivity index (χ0v) is 11.2. The summed E-state index contributed by atoms with van der Waals surface area (Å²) >= 11 is 3.34. The summed E-state index contributed by atoms with van der Waals surface area (Å²) in [5.74, 6) is 0.964. The first kappa shape index (κ1) is 11.9. The number of phenolic OH excluding ortho intramolecular Hbond substituents is 1. The molecule has 0 atom stereocenters. The molecule has 6 heteroatoms. The summed E-state index contributed by atoms with van der Waals surface area (Å²) in [5, 5.41) is 13.3. The van der Waals surface area contributed by atoms with Gasteiger partial charge in [-0.3, -0.25) is 4.98 Å². The van der Waals surface area contributed by atoms with Gasteiger partial charge in [0.2, 0.25) is 5.82 Å². The van der Waals surface area contributed by atoms with E-state index in [4.69, 9.17) is 4.52 Å². The number of halogens is 1. The van der Waals surface area contributed by atoms with Gasteiger partial charge in [0.25, 0.3) is 5.89 Å². The van der Waals surface area contributed by atoms with E-state index in [-0.39, 0.29) is 5.75 Å². The number of aromatic nitrogens is 3. The van der Waals surface area contributed by atoms with Crippen molar-refractivity contribution in [3.8, 4) is 28.6 Å². The predicted molar refractivity (Wildman–Crippen MR) is 72.3 cm³/mol. The van der Waals surface area contributed by atoms with Crippen LogP contribution in [-0.2, 0) is 0 Å². The molecule has 0 spiro atoms. The van der Waals surface area contributed by atoms with Crippen LogP contribution in [0.5, 0.6) is 5.75 Å². The Bertz CT molecular complexity index is 667. The van der Waals surface area contributed by atoms with E-state index in [0.29, 0.717) is 17.3 Å². The van der Waals surface area contributed by atoms with E-state index in [2.05, 4.69) is 31.1 Å². The predicted octanol–water partition coefficient (Wildman–Crippen LogP) is 3.27. The van der Waals surface area contributed by atoms with Crippen molar-refractivity contribution in [3.63, 3.8) is 0 Å². The second-order valence-electron chi connectivity index (χ2n) is 3.87. The molecule has 3 rings (SSSR count). The van der Waals surface area contributed by atoms with Crippen LogP contribution in [0.4, 0.5) is 0 Å². The van der Waals surface area contributed by atoms with Crippen molar-refractivity contribution in [1.29, 1.82) is 0 Å². The fourth-order valence-corrected chi connectivity index (χ4v) is 2.00. The zero-order valence-electron chi connectivity index (χ0n) is 9.62. The van der Waals surface area contributed by atoms with Crippen LogP contribution < -0.4 is 0 Å². The summed E-state index contributed by atoms with van der Waals surface area (Å²) in [6.45, 7) is 0. The highest BCUT2D eigenvalue weighted by atomic mass is 79.9. The smallest absolute Gasteiger partial charge is 0.259 e. The van der Waals surface area contributed by atoms with Crippen LogP contribution >= 0.6 is 15.9 Å². The molecule has 0 aliphatic carbocycles. The standard InChI is InChI=1S/C13H8BrN3O2/c14-10-4-9(6-15-7-10)13-16-12(17-19-13)8-2-1-3-11(18)5-8/h1-7,18H. The molecule has 0 bridgehead atoms. The Morgan fingerprint density at radius 2 is 2.00 bits per heavy atom. The van der Waals surface area contributed by atoms with Crippen LogP contribution in [0.3, 0.4) is 0 Å². The Labute approximate surface area is 117 Å². The van der Waals surface area contributed by atoms with E-state index in [0.717, 1.165) is 10.0 Å². The Hall–Kier alpha value is -2.21. The van der Waals surface area contributed by atoms with E-state index >= 15 is 0 Å². The lowest BCUT2D eigenvalue weighted by Gasteiger charge is -1.95. The summed E-state index contributed by atoms with van der Waals surface area (Å²) in [6.07, 6.45) is 3.32. The molecule has 2 aromatic heterocycles. The SMILES string of the molecule is Oc1cccc(-c2noc(-c3cncc(Br)c3)n2)c1. The molecule has 2 heterocycles. The van der Waals surface area contributed by atoms with E-state index < -0.39 is 0 Å².